The largest absolute Gasteiger partial charge is 0.483 e. The van der Waals surface area contributed by atoms with Crippen LogP contribution < -0.4 is 15.8 Å². The molecule has 0 aromatic heterocycles. The van der Waals surface area contributed by atoms with Gasteiger partial charge in [-0.2, -0.15) is 0 Å². The molecular weight excluding hydrogens is 304 g/mol. The zero-order valence-corrected chi connectivity index (χ0v) is 12.7. The number of carbonyl (C=O) groups excluding carboxylic acids is 2. The molecule has 114 valence electrons. The maximum Gasteiger partial charge on any atom is 0.262 e. The van der Waals surface area contributed by atoms with E-state index in [4.69, 9.17) is 22.1 Å². The highest BCUT2D eigenvalue weighted by atomic mass is 35.5. The number of carbonyl (C=O) groups is 2. The number of ether oxygens (including phenoxy) is 1. The summed E-state index contributed by atoms with van der Waals surface area (Å²) < 4.78 is 5.35. The average molecular weight is 319 g/mol. The molecule has 0 fully saturated rings. The summed E-state index contributed by atoms with van der Waals surface area (Å²) in [5.41, 5.74) is 7.10. The molecule has 0 saturated heterocycles. The molecule has 0 aliphatic rings. The molecule has 0 spiro atoms. The Labute approximate surface area is 133 Å². The molecule has 2 amide bonds. The summed E-state index contributed by atoms with van der Waals surface area (Å²) >= 11 is 5.80. The molecule has 0 heterocycles. The van der Waals surface area contributed by atoms with Crippen molar-refractivity contribution in [3.63, 3.8) is 0 Å². The van der Waals surface area contributed by atoms with Crippen molar-refractivity contribution in [3.05, 3.63) is 58.6 Å². The zero-order valence-electron chi connectivity index (χ0n) is 11.9. The molecule has 0 radical (unpaired) electrons. The van der Waals surface area contributed by atoms with Crippen molar-refractivity contribution in [1.82, 2.24) is 0 Å². The first-order chi connectivity index (χ1) is 10.5. The summed E-state index contributed by atoms with van der Waals surface area (Å²) in [6.07, 6.45) is 0. The number of halogens is 1. The number of benzene rings is 2. The molecule has 0 aliphatic carbocycles. The summed E-state index contributed by atoms with van der Waals surface area (Å²) in [4.78, 5) is 23.2. The Balaban J connectivity index is 2.01. The van der Waals surface area contributed by atoms with Crippen LogP contribution in [0.15, 0.2) is 42.5 Å². The lowest BCUT2D eigenvalue weighted by Crippen LogP contribution is -2.21. The molecule has 6 heteroatoms. The van der Waals surface area contributed by atoms with Crippen molar-refractivity contribution in [2.45, 2.75) is 6.92 Å². The molecule has 0 bridgehead atoms. The van der Waals surface area contributed by atoms with Crippen LogP contribution in [0.2, 0.25) is 5.02 Å². The van der Waals surface area contributed by atoms with E-state index in [-0.39, 0.29) is 23.8 Å². The van der Waals surface area contributed by atoms with Gasteiger partial charge in [0.1, 0.15) is 5.75 Å². The van der Waals surface area contributed by atoms with Gasteiger partial charge < -0.3 is 15.8 Å². The molecule has 2 aromatic rings. The van der Waals surface area contributed by atoms with Crippen LogP contribution in [-0.2, 0) is 4.79 Å². The van der Waals surface area contributed by atoms with Gasteiger partial charge in [0.25, 0.3) is 11.8 Å². The number of anilines is 1. The van der Waals surface area contributed by atoms with Crippen LogP contribution in [0.3, 0.4) is 0 Å². The third kappa shape index (κ3) is 4.23. The number of hydrogen-bond donors (Lipinski definition) is 2. The number of hydrogen-bond acceptors (Lipinski definition) is 3. The highest BCUT2D eigenvalue weighted by Crippen LogP contribution is 2.22. The first-order valence-electron chi connectivity index (χ1n) is 6.54. The van der Waals surface area contributed by atoms with Crippen LogP contribution in [0, 0.1) is 6.92 Å². The maximum absolute atomic E-state index is 11.9. The Morgan fingerprint density at radius 3 is 2.68 bits per heavy atom. The monoisotopic (exact) mass is 318 g/mol. The van der Waals surface area contributed by atoms with E-state index in [1.165, 1.54) is 12.1 Å². The van der Waals surface area contributed by atoms with Crippen LogP contribution in [0.4, 0.5) is 5.69 Å². The highest BCUT2D eigenvalue weighted by Gasteiger charge is 2.12. The molecule has 3 N–H and O–H groups in total. The topological polar surface area (TPSA) is 81.4 Å². The molecule has 0 unspecified atom stereocenters. The lowest BCUT2D eigenvalue weighted by molar-refractivity contribution is -0.118. The van der Waals surface area contributed by atoms with Crippen molar-refractivity contribution >= 4 is 29.1 Å². The van der Waals surface area contributed by atoms with Gasteiger partial charge in [-0.05, 0) is 42.8 Å². The van der Waals surface area contributed by atoms with E-state index in [1.807, 2.05) is 25.1 Å². The minimum absolute atomic E-state index is 0.135. The lowest BCUT2D eigenvalue weighted by atomic mass is 10.2. The summed E-state index contributed by atoms with van der Waals surface area (Å²) in [6, 6.07) is 11.9. The number of nitrogens with two attached hydrogens (primary N) is 1. The fraction of sp³-hybridized carbons (Fsp3) is 0.125. The molecular formula is C16H15ClN2O3. The van der Waals surface area contributed by atoms with Crippen molar-refractivity contribution in [1.29, 1.82) is 0 Å². The Bertz CT molecular complexity index is 716. The molecule has 0 aliphatic heterocycles. The van der Waals surface area contributed by atoms with E-state index in [9.17, 15) is 9.59 Å². The van der Waals surface area contributed by atoms with E-state index in [0.717, 1.165) is 5.56 Å². The standard InChI is InChI=1S/C16H15ClN2O3/c1-10-3-2-4-12(7-10)19-15(20)9-22-14-6-5-11(17)8-13(14)16(18)21/h2-8H,9H2,1H3,(H2,18,21)(H,19,20). The van der Waals surface area contributed by atoms with Gasteiger partial charge in [0.2, 0.25) is 0 Å². The normalized spacial score (nSPS) is 10.1. The smallest absolute Gasteiger partial charge is 0.262 e. The SMILES string of the molecule is Cc1cccc(NC(=O)COc2ccc(Cl)cc2C(N)=O)c1. The quantitative estimate of drug-likeness (QED) is 0.889. The molecule has 2 aromatic carbocycles. The molecule has 2 rings (SSSR count). The van der Waals surface area contributed by atoms with Crippen LogP contribution in [0.5, 0.6) is 5.75 Å². The van der Waals surface area contributed by atoms with Gasteiger partial charge in [0, 0.05) is 10.7 Å². The highest BCUT2D eigenvalue weighted by molar-refractivity contribution is 6.31. The summed E-state index contributed by atoms with van der Waals surface area (Å²) in [6.45, 7) is 1.69. The van der Waals surface area contributed by atoms with E-state index in [0.29, 0.717) is 10.7 Å². The fourth-order valence-corrected chi connectivity index (χ4v) is 2.06. The first kappa shape index (κ1) is 15.9. The van der Waals surface area contributed by atoms with Gasteiger partial charge >= 0.3 is 0 Å². The van der Waals surface area contributed by atoms with Crippen LogP contribution in [0.25, 0.3) is 0 Å². The summed E-state index contributed by atoms with van der Waals surface area (Å²) in [7, 11) is 0. The minimum Gasteiger partial charge on any atom is -0.483 e. The van der Waals surface area contributed by atoms with Crippen molar-refractivity contribution in [3.8, 4) is 5.75 Å². The van der Waals surface area contributed by atoms with Gasteiger partial charge in [-0.1, -0.05) is 23.7 Å². The van der Waals surface area contributed by atoms with E-state index >= 15 is 0 Å². The van der Waals surface area contributed by atoms with E-state index in [1.54, 1.807) is 12.1 Å². The second-order valence-corrected chi connectivity index (χ2v) is 5.15. The van der Waals surface area contributed by atoms with Gasteiger partial charge in [0.15, 0.2) is 6.61 Å². The predicted molar refractivity (Wildman–Crippen MR) is 85.3 cm³/mol. The first-order valence-corrected chi connectivity index (χ1v) is 6.92. The average Bonchev–Trinajstić information content (AvgIpc) is 2.45. The number of primary amides is 1. The third-order valence-corrected chi connectivity index (χ3v) is 3.10. The Morgan fingerprint density at radius 2 is 2.00 bits per heavy atom. The second-order valence-electron chi connectivity index (χ2n) is 4.71. The van der Waals surface area contributed by atoms with Gasteiger partial charge in [0.05, 0.1) is 5.56 Å². The minimum atomic E-state index is -0.670. The Kier molecular flexibility index (Phi) is 5.01. The van der Waals surface area contributed by atoms with Crippen LogP contribution in [0.1, 0.15) is 15.9 Å². The number of amides is 2. The van der Waals surface area contributed by atoms with E-state index < -0.39 is 5.91 Å². The van der Waals surface area contributed by atoms with Gasteiger partial charge in [-0.3, -0.25) is 9.59 Å². The Morgan fingerprint density at radius 1 is 1.23 bits per heavy atom. The van der Waals surface area contributed by atoms with Gasteiger partial charge in [-0.25, -0.2) is 0 Å². The zero-order chi connectivity index (χ0) is 16.1. The summed E-state index contributed by atoms with van der Waals surface area (Å²) in [5, 5.41) is 3.07. The molecule has 22 heavy (non-hydrogen) atoms. The number of rotatable bonds is 5. The maximum atomic E-state index is 11.9. The third-order valence-electron chi connectivity index (χ3n) is 2.87. The summed E-state index contributed by atoms with van der Waals surface area (Å²) in [5.74, 6) is -0.788. The number of aryl methyl sites for hydroxylation is 1. The van der Waals surface area contributed by atoms with E-state index in [2.05, 4.69) is 5.32 Å². The molecule has 0 atom stereocenters. The van der Waals surface area contributed by atoms with Crippen molar-refractivity contribution < 1.29 is 14.3 Å². The number of nitrogens with one attached hydrogen (secondary N) is 1. The van der Waals surface area contributed by atoms with Gasteiger partial charge in [-0.15, -0.1) is 0 Å². The molecule has 5 nitrogen and oxygen atoms in total. The lowest BCUT2D eigenvalue weighted by Gasteiger charge is -2.10. The van der Waals surface area contributed by atoms with Crippen LogP contribution in [-0.4, -0.2) is 18.4 Å². The second kappa shape index (κ2) is 6.95. The predicted octanol–water partition coefficient (Wildman–Crippen LogP) is 2.76. The fourth-order valence-electron chi connectivity index (χ4n) is 1.88. The van der Waals surface area contributed by atoms with Crippen LogP contribution >= 0.6 is 11.6 Å². The van der Waals surface area contributed by atoms with Crippen molar-refractivity contribution in [2.75, 3.05) is 11.9 Å². The van der Waals surface area contributed by atoms with Crippen molar-refractivity contribution in [2.24, 2.45) is 5.73 Å². The Hall–Kier alpha value is -2.53. The molecule has 0 saturated carbocycles.